The number of nitrogens with zero attached hydrogens (tertiary/aromatic N) is 1. The minimum atomic E-state index is -0.434. The van der Waals surface area contributed by atoms with Gasteiger partial charge in [-0.2, -0.15) is 0 Å². The molecule has 0 fully saturated rings. The number of thioether (sulfide) groups is 1. The summed E-state index contributed by atoms with van der Waals surface area (Å²) < 4.78 is 4.85. The van der Waals surface area contributed by atoms with Crippen LogP contribution in [0.25, 0.3) is 10.8 Å². The zero-order valence-electron chi connectivity index (χ0n) is 11.5. The largest absolute Gasteiger partial charge is 0.465 e. The molecule has 0 aliphatic rings. The fraction of sp³-hybridized carbons (Fsp3) is 0.200. The van der Waals surface area contributed by atoms with Crippen LogP contribution >= 0.6 is 11.8 Å². The summed E-state index contributed by atoms with van der Waals surface area (Å²) in [4.78, 5) is 26.0. The van der Waals surface area contributed by atoms with E-state index in [0.717, 1.165) is 22.5 Å². The van der Waals surface area contributed by atoms with Gasteiger partial charge in [0.05, 0.1) is 12.7 Å². The Bertz CT molecular complexity index is 667. The number of carbonyl (C=O) groups excluding carboxylic acids is 2. The van der Waals surface area contributed by atoms with Crippen LogP contribution in [0.4, 0.5) is 4.79 Å². The number of carbonyl (C=O) groups is 2. The van der Waals surface area contributed by atoms with E-state index in [0.29, 0.717) is 10.5 Å². The lowest BCUT2D eigenvalue weighted by Gasteiger charge is -2.13. The molecule has 2 rings (SSSR count). The van der Waals surface area contributed by atoms with E-state index < -0.39 is 5.97 Å². The molecule has 5 heteroatoms. The van der Waals surface area contributed by atoms with Gasteiger partial charge in [-0.25, -0.2) is 4.79 Å². The molecular formula is C15H15NO3S. The number of methoxy groups -OCH3 is 1. The van der Waals surface area contributed by atoms with Crippen molar-refractivity contribution >= 4 is 33.7 Å². The number of amides is 1. The lowest BCUT2D eigenvalue weighted by Crippen LogP contribution is -2.17. The fourth-order valence-corrected chi connectivity index (χ4v) is 2.64. The molecule has 4 nitrogen and oxygen atoms in total. The van der Waals surface area contributed by atoms with Gasteiger partial charge < -0.3 is 9.64 Å². The highest BCUT2D eigenvalue weighted by molar-refractivity contribution is 8.13. The minimum Gasteiger partial charge on any atom is -0.465 e. The third kappa shape index (κ3) is 2.77. The van der Waals surface area contributed by atoms with Crippen molar-refractivity contribution in [3.05, 3.63) is 42.0 Å². The van der Waals surface area contributed by atoms with E-state index in [1.165, 1.54) is 12.0 Å². The summed E-state index contributed by atoms with van der Waals surface area (Å²) in [7, 11) is 4.69. The summed E-state index contributed by atoms with van der Waals surface area (Å²) in [6, 6.07) is 11.2. The Balaban J connectivity index is 2.59. The second-order valence-corrected chi connectivity index (χ2v) is 5.41. The number of rotatable bonds is 2. The van der Waals surface area contributed by atoms with Crippen molar-refractivity contribution < 1.29 is 14.3 Å². The third-order valence-corrected chi connectivity index (χ3v) is 3.94. The van der Waals surface area contributed by atoms with Gasteiger partial charge in [0.25, 0.3) is 5.24 Å². The van der Waals surface area contributed by atoms with Gasteiger partial charge in [-0.1, -0.05) is 30.3 Å². The fourth-order valence-electron chi connectivity index (χ4n) is 1.83. The molecule has 0 radical (unpaired) electrons. The maximum atomic E-state index is 12.0. The molecule has 0 unspecified atom stereocenters. The van der Waals surface area contributed by atoms with Crippen LogP contribution in [0, 0.1) is 0 Å². The zero-order valence-corrected chi connectivity index (χ0v) is 12.4. The first kappa shape index (κ1) is 14.4. The Morgan fingerprint density at radius 3 is 2.45 bits per heavy atom. The molecular weight excluding hydrogens is 274 g/mol. The van der Waals surface area contributed by atoms with Gasteiger partial charge in [0, 0.05) is 19.0 Å². The maximum absolute atomic E-state index is 12.0. The molecule has 0 aliphatic carbocycles. The van der Waals surface area contributed by atoms with Gasteiger partial charge >= 0.3 is 5.97 Å². The average Bonchev–Trinajstić information content (AvgIpc) is 2.46. The van der Waals surface area contributed by atoms with E-state index in [2.05, 4.69) is 0 Å². The first-order chi connectivity index (χ1) is 9.54. The maximum Gasteiger partial charge on any atom is 0.339 e. The number of benzene rings is 2. The van der Waals surface area contributed by atoms with Crippen molar-refractivity contribution in [3.63, 3.8) is 0 Å². The Morgan fingerprint density at radius 2 is 1.80 bits per heavy atom. The van der Waals surface area contributed by atoms with Gasteiger partial charge in [0.15, 0.2) is 0 Å². The molecule has 0 heterocycles. The summed E-state index contributed by atoms with van der Waals surface area (Å²) in [6.07, 6.45) is 0. The molecule has 0 aromatic heterocycles. The Labute approximate surface area is 121 Å². The molecule has 2 aromatic carbocycles. The Morgan fingerprint density at radius 1 is 1.10 bits per heavy atom. The summed E-state index contributed by atoms with van der Waals surface area (Å²) in [6.45, 7) is 0. The van der Waals surface area contributed by atoms with Crippen molar-refractivity contribution in [3.8, 4) is 0 Å². The van der Waals surface area contributed by atoms with E-state index in [1.807, 2.05) is 30.3 Å². The van der Waals surface area contributed by atoms with Crippen molar-refractivity contribution in [2.24, 2.45) is 0 Å². The van der Waals surface area contributed by atoms with Crippen LogP contribution in [-0.2, 0) is 4.74 Å². The van der Waals surface area contributed by atoms with Gasteiger partial charge in [0.2, 0.25) is 0 Å². The van der Waals surface area contributed by atoms with Crippen molar-refractivity contribution in [2.75, 3.05) is 21.2 Å². The molecule has 0 spiro atoms. The normalized spacial score (nSPS) is 10.3. The van der Waals surface area contributed by atoms with E-state index in [4.69, 9.17) is 4.74 Å². The van der Waals surface area contributed by atoms with E-state index in [9.17, 15) is 9.59 Å². The molecule has 0 atom stereocenters. The van der Waals surface area contributed by atoms with Crippen LogP contribution < -0.4 is 0 Å². The predicted molar refractivity (Wildman–Crippen MR) is 80.2 cm³/mol. The first-order valence-electron chi connectivity index (χ1n) is 6.03. The molecule has 1 amide bonds. The lowest BCUT2D eigenvalue weighted by atomic mass is 10.0. The van der Waals surface area contributed by atoms with Crippen LogP contribution in [0.1, 0.15) is 10.4 Å². The second-order valence-electron chi connectivity index (χ2n) is 4.41. The van der Waals surface area contributed by atoms with E-state index >= 15 is 0 Å². The second kappa shape index (κ2) is 5.96. The Hall–Kier alpha value is -2.01. The van der Waals surface area contributed by atoms with Crippen LogP contribution in [-0.4, -0.2) is 37.3 Å². The smallest absolute Gasteiger partial charge is 0.339 e. The van der Waals surface area contributed by atoms with Crippen LogP contribution in [0.5, 0.6) is 0 Å². The molecule has 20 heavy (non-hydrogen) atoms. The molecule has 0 saturated heterocycles. The highest BCUT2D eigenvalue weighted by Crippen LogP contribution is 2.31. The van der Waals surface area contributed by atoms with Gasteiger partial charge in [0.1, 0.15) is 0 Å². The highest BCUT2D eigenvalue weighted by Gasteiger charge is 2.19. The van der Waals surface area contributed by atoms with Crippen molar-refractivity contribution in [1.29, 1.82) is 0 Å². The number of ether oxygens (including phenoxy) is 1. The summed E-state index contributed by atoms with van der Waals surface area (Å²) in [5, 5.41) is 1.59. The topological polar surface area (TPSA) is 46.6 Å². The van der Waals surface area contributed by atoms with Crippen LogP contribution in [0.15, 0.2) is 41.3 Å². The molecule has 104 valence electrons. The van der Waals surface area contributed by atoms with Crippen LogP contribution in [0.3, 0.4) is 0 Å². The number of esters is 1. The quantitative estimate of drug-likeness (QED) is 0.628. The highest BCUT2D eigenvalue weighted by atomic mass is 32.2. The first-order valence-corrected chi connectivity index (χ1v) is 6.85. The monoisotopic (exact) mass is 289 g/mol. The average molecular weight is 289 g/mol. The summed E-state index contributed by atoms with van der Waals surface area (Å²) in [5.41, 5.74) is 0.436. The molecule has 0 saturated carbocycles. The predicted octanol–water partition coefficient (Wildman–Crippen LogP) is 3.40. The summed E-state index contributed by atoms with van der Waals surface area (Å²) >= 11 is 1.02. The molecule has 0 bridgehead atoms. The third-order valence-electron chi connectivity index (χ3n) is 2.84. The molecule has 0 N–H and O–H groups in total. The number of fused-ring (bicyclic) bond motifs is 1. The Kier molecular flexibility index (Phi) is 4.29. The van der Waals surface area contributed by atoms with Crippen molar-refractivity contribution in [2.45, 2.75) is 4.90 Å². The van der Waals surface area contributed by atoms with Crippen molar-refractivity contribution in [1.82, 2.24) is 4.90 Å². The van der Waals surface area contributed by atoms with E-state index in [1.54, 1.807) is 20.2 Å². The number of hydrogen-bond acceptors (Lipinski definition) is 4. The minimum absolute atomic E-state index is 0.134. The summed E-state index contributed by atoms with van der Waals surface area (Å²) in [5.74, 6) is -0.434. The van der Waals surface area contributed by atoms with Gasteiger partial charge in [-0.05, 0) is 28.6 Å². The molecule has 0 aliphatic heterocycles. The van der Waals surface area contributed by atoms with E-state index in [-0.39, 0.29) is 5.24 Å². The van der Waals surface area contributed by atoms with Gasteiger partial charge in [-0.3, -0.25) is 4.79 Å². The molecule has 2 aromatic rings. The zero-order chi connectivity index (χ0) is 14.7. The SMILES string of the molecule is COC(=O)c1c(SC(=O)N(C)C)ccc2ccccc12. The standard InChI is InChI=1S/C15H15NO3S/c1-16(2)15(18)20-12-9-8-10-6-4-5-7-11(10)13(12)14(17)19-3/h4-9H,1-3H3. The number of hydrogen-bond donors (Lipinski definition) is 0. The van der Waals surface area contributed by atoms with Gasteiger partial charge in [-0.15, -0.1) is 0 Å². The lowest BCUT2D eigenvalue weighted by molar-refractivity contribution is 0.0599. The van der Waals surface area contributed by atoms with Crippen LogP contribution in [0.2, 0.25) is 0 Å².